The molecule has 16 heteroatoms. The van der Waals surface area contributed by atoms with E-state index in [1.54, 1.807) is 12.1 Å². The van der Waals surface area contributed by atoms with Gasteiger partial charge in [0.1, 0.15) is 17.7 Å². The van der Waals surface area contributed by atoms with Gasteiger partial charge < -0.3 is 39.2 Å². The van der Waals surface area contributed by atoms with E-state index in [-0.39, 0.29) is 42.1 Å². The third-order valence-corrected chi connectivity index (χ3v) is 9.51. The zero-order chi connectivity index (χ0) is 32.1. The van der Waals surface area contributed by atoms with Crippen molar-refractivity contribution in [1.29, 1.82) is 0 Å². The Morgan fingerprint density at radius 3 is 2.43 bits per heavy atom. The summed E-state index contributed by atoms with van der Waals surface area (Å²) in [6.45, 7) is 3.92. The molecule has 0 bridgehead atoms. The molecule has 0 saturated carbocycles. The van der Waals surface area contributed by atoms with E-state index in [0.29, 0.717) is 18.6 Å². The first-order valence-corrected chi connectivity index (χ1v) is 17.4. The van der Waals surface area contributed by atoms with Gasteiger partial charge in [0.15, 0.2) is 12.6 Å². The van der Waals surface area contributed by atoms with Gasteiger partial charge in [0.2, 0.25) is 10.0 Å². The van der Waals surface area contributed by atoms with E-state index in [1.165, 1.54) is 12.1 Å². The number of fused-ring (bicyclic) bond motifs is 1. The van der Waals surface area contributed by atoms with Crippen LogP contribution in [0.2, 0.25) is 0 Å². The zero-order valence-corrected chi connectivity index (χ0v) is 26.0. The molecule has 2 heterocycles. The number of rotatable bonds is 14. The number of aliphatic hydroxyl groups is 1. The number of amides is 1. The van der Waals surface area contributed by atoms with Crippen molar-refractivity contribution in [2.45, 2.75) is 56.1 Å². The van der Waals surface area contributed by atoms with Crippen LogP contribution in [-0.2, 0) is 35.2 Å². The van der Waals surface area contributed by atoms with E-state index in [9.17, 15) is 27.3 Å². The van der Waals surface area contributed by atoms with Crippen LogP contribution in [0.5, 0.6) is 5.75 Å². The lowest BCUT2D eigenvalue weighted by Gasteiger charge is -2.31. The number of halogens is 1. The highest BCUT2D eigenvalue weighted by Crippen LogP contribution is 2.35. The maximum atomic E-state index is 13.5. The number of nitrogens with one attached hydrogen (secondary N) is 1. The third-order valence-electron chi connectivity index (χ3n) is 7.20. The molecule has 13 nitrogen and oxygen atoms in total. The van der Waals surface area contributed by atoms with Crippen LogP contribution in [0, 0.1) is 17.7 Å². The molecule has 4 rings (SSSR count). The molecule has 0 aliphatic carbocycles. The van der Waals surface area contributed by atoms with E-state index >= 15 is 0 Å². The lowest BCUT2D eigenvalue weighted by molar-refractivity contribution is -0.0907. The van der Waals surface area contributed by atoms with Gasteiger partial charge in [0.25, 0.3) is 0 Å². The van der Waals surface area contributed by atoms with Gasteiger partial charge in [-0.2, -0.15) is 4.31 Å². The lowest BCUT2D eigenvalue weighted by atomic mass is 10.0. The molecule has 2 aromatic rings. The summed E-state index contributed by atoms with van der Waals surface area (Å²) >= 11 is 0. The minimum atomic E-state index is -4.38. The molecule has 2 fully saturated rings. The van der Waals surface area contributed by atoms with Crippen molar-refractivity contribution in [3.8, 4) is 5.75 Å². The summed E-state index contributed by atoms with van der Waals surface area (Å²) in [6, 6.07) is 9.49. The van der Waals surface area contributed by atoms with Crippen LogP contribution in [0.1, 0.15) is 25.8 Å². The van der Waals surface area contributed by atoms with E-state index in [2.05, 4.69) is 5.32 Å². The fourth-order valence-electron chi connectivity index (χ4n) is 5.06. The smallest absolute Gasteiger partial charge is 0.407 e. The molecule has 4 N–H and O–H groups in total. The van der Waals surface area contributed by atoms with Gasteiger partial charge in [0.05, 0.1) is 36.2 Å². The summed E-state index contributed by atoms with van der Waals surface area (Å²) in [7, 11) is -8.53. The van der Waals surface area contributed by atoms with Gasteiger partial charge in [-0.15, -0.1) is 0 Å². The van der Waals surface area contributed by atoms with Crippen molar-refractivity contribution in [3.05, 3.63) is 59.9 Å². The van der Waals surface area contributed by atoms with Crippen LogP contribution in [0.4, 0.5) is 9.18 Å². The number of ether oxygens (including phenoxy) is 4. The molecule has 5 atom stereocenters. The predicted molar refractivity (Wildman–Crippen MR) is 155 cm³/mol. The van der Waals surface area contributed by atoms with Crippen LogP contribution < -0.4 is 10.1 Å². The number of alkyl carbamates (subject to hydrolysis) is 1. The number of aliphatic hydroxyl groups excluding tert-OH is 1. The van der Waals surface area contributed by atoms with Crippen LogP contribution in [0.25, 0.3) is 0 Å². The summed E-state index contributed by atoms with van der Waals surface area (Å²) in [5, 5.41) is 14.1. The number of carbonyl (C=O) groups excluding carboxylic acids is 1. The van der Waals surface area contributed by atoms with E-state index in [4.69, 9.17) is 28.7 Å². The van der Waals surface area contributed by atoms with Crippen molar-refractivity contribution < 1.29 is 56.0 Å². The molecule has 2 saturated heterocycles. The van der Waals surface area contributed by atoms with Crippen molar-refractivity contribution in [1.82, 2.24) is 9.62 Å². The third kappa shape index (κ3) is 9.44. The summed E-state index contributed by atoms with van der Waals surface area (Å²) in [6.07, 6.45) is -3.33. The first-order chi connectivity index (χ1) is 20.7. The van der Waals surface area contributed by atoms with Gasteiger partial charge in [-0.3, -0.25) is 4.57 Å². The normalized spacial score (nSPS) is 21.7. The summed E-state index contributed by atoms with van der Waals surface area (Å²) in [5.74, 6) is -0.640. The fourth-order valence-corrected chi connectivity index (χ4v) is 7.00. The number of hydrogen-bond donors (Lipinski definition) is 4. The molecule has 2 aliphatic rings. The second kappa shape index (κ2) is 14.6. The van der Waals surface area contributed by atoms with Crippen LogP contribution in [0.3, 0.4) is 0 Å². The molecular weight excluding hydrogens is 622 g/mol. The highest BCUT2D eigenvalue weighted by molar-refractivity contribution is 7.89. The monoisotopic (exact) mass is 660 g/mol. The largest absolute Gasteiger partial charge is 0.481 e. The Balaban J connectivity index is 1.52. The van der Waals surface area contributed by atoms with E-state index < -0.39 is 67.0 Å². The Labute approximate surface area is 255 Å². The topological polar surface area (TPSA) is 181 Å². The first-order valence-electron chi connectivity index (χ1n) is 14.1. The van der Waals surface area contributed by atoms with Crippen molar-refractivity contribution >= 4 is 23.7 Å². The molecule has 2 aromatic carbocycles. The van der Waals surface area contributed by atoms with E-state index in [1.807, 2.05) is 13.8 Å². The quantitative estimate of drug-likeness (QED) is 0.219. The van der Waals surface area contributed by atoms with Crippen molar-refractivity contribution in [2.75, 3.05) is 32.7 Å². The van der Waals surface area contributed by atoms with Gasteiger partial charge >= 0.3 is 13.7 Å². The lowest BCUT2D eigenvalue weighted by Crippen LogP contribution is -2.51. The number of nitrogens with zero attached hydrogens (tertiary/aromatic N) is 1. The van der Waals surface area contributed by atoms with Gasteiger partial charge in [-0.1, -0.05) is 26.0 Å². The summed E-state index contributed by atoms with van der Waals surface area (Å²) in [4.78, 5) is 31.0. The SMILES string of the molecule is CC(C)CN(C[C@@H](O)[C@H](Cc1ccc(OCP(=O)(O)O)cc1)NC(=O)O[C@H]1CO[C@H]2OCC[C@H]21)S(=O)(=O)c1ccc(F)cc1. The molecule has 2 aliphatic heterocycles. The van der Waals surface area contributed by atoms with E-state index in [0.717, 1.165) is 28.6 Å². The van der Waals surface area contributed by atoms with Crippen LogP contribution >= 0.6 is 7.60 Å². The highest BCUT2D eigenvalue weighted by Gasteiger charge is 2.44. The van der Waals surface area contributed by atoms with Gasteiger partial charge in [-0.25, -0.2) is 17.6 Å². The Morgan fingerprint density at radius 1 is 1.11 bits per heavy atom. The number of hydrogen-bond acceptors (Lipinski definition) is 9. The molecule has 0 aromatic heterocycles. The molecule has 0 radical (unpaired) electrons. The minimum Gasteiger partial charge on any atom is -0.481 e. The number of carbonyl (C=O) groups is 1. The Hall–Kier alpha value is -2.62. The molecule has 244 valence electrons. The molecule has 0 unspecified atom stereocenters. The van der Waals surface area contributed by atoms with Crippen LogP contribution in [0.15, 0.2) is 53.4 Å². The minimum absolute atomic E-state index is 0.0392. The fraction of sp³-hybridized carbons (Fsp3) is 0.536. The molecule has 0 spiro atoms. The van der Waals surface area contributed by atoms with Crippen molar-refractivity contribution in [3.63, 3.8) is 0 Å². The summed E-state index contributed by atoms with van der Waals surface area (Å²) in [5.41, 5.74) is 0.600. The number of sulfonamides is 1. The van der Waals surface area contributed by atoms with Crippen LogP contribution in [-0.4, -0.2) is 90.9 Å². The molecule has 44 heavy (non-hydrogen) atoms. The van der Waals surface area contributed by atoms with Gasteiger partial charge in [-0.05, 0) is 60.7 Å². The average molecular weight is 661 g/mol. The number of benzene rings is 2. The second-order valence-corrected chi connectivity index (χ2v) is 14.8. The maximum Gasteiger partial charge on any atom is 0.407 e. The first kappa shape index (κ1) is 34.3. The molecule has 1 amide bonds. The highest BCUT2D eigenvalue weighted by atomic mass is 32.2. The molecular formula is C28H38FN2O11PS. The zero-order valence-electron chi connectivity index (χ0n) is 24.3. The predicted octanol–water partition coefficient (Wildman–Crippen LogP) is 2.45. The second-order valence-electron chi connectivity index (χ2n) is 11.2. The van der Waals surface area contributed by atoms with Gasteiger partial charge in [0, 0.05) is 13.1 Å². The maximum absolute atomic E-state index is 13.5. The summed E-state index contributed by atoms with van der Waals surface area (Å²) < 4.78 is 74.5. The Bertz CT molecular complexity index is 1410. The van der Waals surface area contributed by atoms with Crippen molar-refractivity contribution in [2.24, 2.45) is 11.8 Å². The Morgan fingerprint density at radius 2 is 1.80 bits per heavy atom. The standard InChI is InChI=1S/C28H38FN2O11PS/c1-18(2)14-31(44(37,38)22-9-5-20(29)6-10-22)15-25(32)24(13-19-3-7-21(8-4-19)41-17-43(34,35)36)30-28(33)42-26-16-40-27-23(26)11-12-39-27/h3-10,18,23-27,32H,11-17H2,1-2H3,(H,30,33)(H2,34,35,36)/t23-,24-,25+,26-,27+/m0/s1. The Kier molecular flexibility index (Phi) is 11.4. The average Bonchev–Trinajstić information content (AvgIpc) is 3.57.